The fraction of sp³-hybridized carbons (Fsp3) is 0.133. The zero-order chi connectivity index (χ0) is 20.1. The molecule has 2 aromatic heterocycles. The first-order chi connectivity index (χ1) is 12.5. The second kappa shape index (κ2) is 6.16. The Morgan fingerprint density at radius 3 is 2.44 bits per heavy atom. The Balaban J connectivity index is 2.28. The van der Waals surface area contributed by atoms with Crippen molar-refractivity contribution in [3.8, 4) is 5.69 Å². The molecule has 0 aliphatic rings. The number of aromatic nitrogens is 3. The number of halogens is 3. The van der Waals surface area contributed by atoms with Gasteiger partial charge in [0.05, 0.1) is 11.2 Å². The smallest absolute Gasteiger partial charge is 0.431 e. The maximum atomic E-state index is 12.9. The van der Waals surface area contributed by atoms with E-state index in [1.165, 1.54) is 12.1 Å². The molecule has 3 aromatic rings. The van der Waals surface area contributed by atoms with Crippen molar-refractivity contribution >= 4 is 34.2 Å². The van der Waals surface area contributed by atoms with Crippen LogP contribution in [0.3, 0.4) is 0 Å². The Morgan fingerprint density at radius 1 is 1.19 bits per heavy atom. The van der Waals surface area contributed by atoms with Crippen LogP contribution in [0.15, 0.2) is 33.9 Å². The van der Waals surface area contributed by atoms with E-state index in [0.717, 1.165) is 13.1 Å². The van der Waals surface area contributed by atoms with Crippen LogP contribution in [0.2, 0.25) is 0 Å². The number of hydrogen-bond acceptors (Lipinski definition) is 6. The zero-order valence-corrected chi connectivity index (χ0v) is 14.1. The van der Waals surface area contributed by atoms with E-state index in [9.17, 15) is 32.3 Å². The van der Waals surface area contributed by atoms with Crippen molar-refractivity contribution in [2.75, 3.05) is 0 Å². The molecule has 0 saturated carbocycles. The lowest BCUT2D eigenvalue weighted by atomic mass is 10.1. The van der Waals surface area contributed by atoms with E-state index < -0.39 is 34.9 Å². The Bertz CT molecular complexity index is 1220. The van der Waals surface area contributed by atoms with Crippen LogP contribution in [0.1, 0.15) is 15.4 Å². The molecule has 1 aromatic carbocycles. The van der Waals surface area contributed by atoms with Gasteiger partial charge in [0.1, 0.15) is 10.6 Å². The number of hydrogen-bond donors (Lipinski definition) is 1. The first-order valence-electron chi connectivity index (χ1n) is 7.10. The number of carbonyl (C=O) groups is 2. The summed E-state index contributed by atoms with van der Waals surface area (Å²) in [6.45, 7) is 0. The quantitative estimate of drug-likeness (QED) is 0.527. The van der Waals surface area contributed by atoms with Crippen LogP contribution >= 0.6 is 11.5 Å². The van der Waals surface area contributed by atoms with Crippen molar-refractivity contribution < 1.29 is 27.9 Å². The molecule has 0 radical (unpaired) electrons. The van der Waals surface area contributed by atoms with Crippen molar-refractivity contribution in [1.29, 1.82) is 0 Å². The second-order valence-corrected chi connectivity index (χ2v) is 6.16. The monoisotopic (exact) mass is 399 g/mol. The molecule has 140 valence electrons. The van der Waals surface area contributed by atoms with E-state index in [4.69, 9.17) is 5.11 Å². The van der Waals surface area contributed by atoms with Crippen molar-refractivity contribution in [1.82, 2.24) is 13.5 Å². The molecule has 0 unspecified atom stereocenters. The van der Waals surface area contributed by atoms with E-state index >= 15 is 0 Å². The van der Waals surface area contributed by atoms with Gasteiger partial charge in [-0.25, -0.2) is 14.2 Å². The number of fused-ring (bicyclic) bond motifs is 1. The summed E-state index contributed by atoms with van der Waals surface area (Å²) in [7, 11) is 0.866. The van der Waals surface area contributed by atoms with Gasteiger partial charge in [-0.15, -0.1) is 0 Å². The van der Waals surface area contributed by atoms with Crippen LogP contribution in [0, 0.1) is 0 Å². The highest BCUT2D eigenvalue weighted by Crippen LogP contribution is 2.28. The first-order valence-corrected chi connectivity index (χ1v) is 7.87. The number of nitrogens with zero attached hydrogens (tertiary/aromatic N) is 3. The lowest BCUT2D eigenvalue weighted by Crippen LogP contribution is -2.40. The van der Waals surface area contributed by atoms with Crippen molar-refractivity contribution in [3.05, 3.63) is 55.7 Å². The van der Waals surface area contributed by atoms with E-state index in [-0.39, 0.29) is 32.1 Å². The van der Waals surface area contributed by atoms with E-state index in [2.05, 4.69) is 4.37 Å². The summed E-state index contributed by atoms with van der Waals surface area (Å²) in [6.07, 6.45) is -4.89. The van der Waals surface area contributed by atoms with Crippen LogP contribution in [-0.2, 0) is 18.0 Å². The van der Waals surface area contributed by atoms with Gasteiger partial charge in [-0.3, -0.25) is 14.2 Å². The molecule has 12 heteroatoms. The van der Waals surface area contributed by atoms with Gasteiger partial charge < -0.3 is 5.11 Å². The lowest BCUT2D eigenvalue weighted by Gasteiger charge is -2.13. The molecule has 0 saturated heterocycles. The molecule has 0 fully saturated rings. The molecule has 27 heavy (non-hydrogen) atoms. The molecular formula is C15H8F3N3O5S. The minimum absolute atomic E-state index is 0.0683. The average molecular weight is 399 g/mol. The summed E-state index contributed by atoms with van der Waals surface area (Å²) in [5.74, 6) is -2.94. The summed E-state index contributed by atoms with van der Waals surface area (Å²) in [6, 6.07) is 4.02. The molecule has 8 nitrogen and oxygen atoms in total. The third-order valence-electron chi connectivity index (χ3n) is 3.73. The van der Waals surface area contributed by atoms with Crippen molar-refractivity contribution in [2.24, 2.45) is 7.05 Å². The molecule has 0 amide bonds. The number of benzene rings is 1. The average Bonchev–Trinajstić information content (AvgIpc) is 2.99. The van der Waals surface area contributed by atoms with Crippen LogP contribution in [0.25, 0.3) is 16.6 Å². The maximum Gasteiger partial charge on any atom is 0.431 e. The van der Waals surface area contributed by atoms with Gasteiger partial charge in [0.25, 0.3) is 11.3 Å². The van der Waals surface area contributed by atoms with Crippen molar-refractivity contribution in [3.63, 3.8) is 0 Å². The summed E-state index contributed by atoms with van der Waals surface area (Å²) in [5.41, 5.74) is -3.76. The maximum absolute atomic E-state index is 12.9. The Labute approximate surface area is 150 Å². The number of Topliss-reactive ketones (excluding diaryl/α,β-unsaturated/α-hetero) is 1. The molecule has 0 aliphatic heterocycles. The third kappa shape index (κ3) is 3.03. The SMILES string of the molecule is Cn1c(C(F)(F)F)cc(=O)n(-c2ccc3nsc(C(=O)C(=O)O)c3c2)c1=O. The van der Waals surface area contributed by atoms with E-state index in [0.29, 0.717) is 16.1 Å². The zero-order valence-electron chi connectivity index (χ0n) is 13.3. The number of ketones is 1. The number of rotatable bonds is 3. The fourth-order valence-corrected chi connectivity index (χ4v) is 3.25. The van der Waals surface area contributed by atoms with E-state index in [1.807, 2.05) is 0 Å². The Morgan fingerprint density at radius 2 is 1.85 bits per heavy atom. The van der Waals surface area contributed by atoms with Crippen LogP contribution in [-0.4, -0.2) is 30.4 Å². The van der Waals surface area contributed by atoms with Gasteiger partial charge in [-0.1, -0.05) is 0 Å². The number of alkyl halides is 3. The predicted molar refractivity (Wildman–Crippen MR) is 87.4 cm³/mol. The van der Waals surface area contributed by atoms with Gasteiger partial charge in [0, 0.05) is 18.5 Å². The third-order valence-corrected chi connectivity index (χ3v) is 4.61. The van der Waals surface area contributed by atoms with Gasteiger partial charge in [0.2, 0.25) is 0 Å². The Kier molecular flexibility index (Phi) is 4.22. The normalized spacial score (nSPS) is 11.7. The van der Waals surface area contributed by atoms with Gasteiger partial charge in [0.15, 0.2) is 0 Å². The highest BCUT2D eigenvalue weighted by Gasteiger charge is 2.35. The second-order valence-electron chi connectivity index (χ2n) is 5.39. The molecule has 0 bridgehead atoms. The van der Waals surface area contributed by atoms with Gasteiger partial charge in [-0.2, -0.15) is 17.5 Å². The summed E-state index contributed by atoms with van der Waals surface area (Å²) < 4.78 is 43.4. The minimum Gasteiger partial charge on any atom is -0.475 e. The molecule has 0 spiro atoms. The predicted octanol–water partition coefficient (Wildman–Crippen LogP) is 1.43. The van der Waals surface area contributed by atoms with Crippen molar-refractivity contribution in [2.45, 2.75) is 6.18 Å². The largest absolute Gasteiger partial charge is 0.475 e. The van der Waals surface area contributed by atoms with Gasteiger partial charge >= 0.3 is 17.8 Å². The van der Waals surface area contributed by atoms with Crippen LogP contribution in [0.4, 0.5) is 13.2 Å². The van der Waals surface area contributed by atoms with Crippen LogP contribution < -0.4 is 11.2 Å². The summed E-state index contributed by atoms with van der Waals surface area (Å²) in [4.78, 5) is 46.8. The first kappa shape index (κ1) is 18.5. The van der Waals surface area contributed by atoms with Gasteiger partial charge in [-0.05, 0) is 29.7 Å². The number of carboxylic acid groups (broad SMARTS) is 1. The molecule has 0 atom stereocenters. The van der Waals surface area contributed by atoms with E-state index in [1.54, 1.807) is 0 Å². The minimum atomic E-state index is -4.89. The molecule has 2 heterocycles. The highest BCUT2D eigenvalue weighted by molar-refractivity contribution is 7.10. The standard InChI is InChI=1S/C15H8F3N3O5S/c1-20-9(15(16,17)18)5-10(22)21(14(20)26)6-2-3-8-7(4-6)12(27-19-8)11(23)13(24)25/h2-5H,1H3,(H,24,25). The lowest BCUT2D eigenvalue weighted by molar-refractivity contribution is -0.144. The fourth-order valence-electron chi connectivity index (χ4n) is 2.46. The van der Waals surface area contributed by atoms with Crippen LogP contribution in [0.5, 0.6) is 0 Å². The summed E-state index contributed by atoms with van der Waals surface area (Å²) in [5, 5.41) is 8.91. The molecule has 3 rings (SSSR count). The Hall–Kier alpha value is -3.28. The number of carbonyl (C=O) groups excluding carboxylic acids is 1. The topological polar surface area (TPSA) is 111 Å². The molecule has 1 N–H and O–H groups in total. The number of aliphatic carboxylic acids is 1. The number of carboxylic acids is 1. The molecule has 0 aliphatic carbocycles. The highest BCUT2D eigenvalue weighted by atomic mass is 32.1. The summed E-state index contributed by atoms with van der Waals surface area (Å²) >= 11 is 0.621. The molecular weight excluding hydrogens is 391 g/mol.